The van der Waals surface area contributed by atoms with Gasteiger partial charge in [0.2, 0.25) is 5.91 Å². The Hall–Kier alpha value is -1.50. The summed E-state index contributed by atoms with van der Waals surface area (Å²) in [6.45, 7) is 0.111. The molecule has 20 heavy (non-hydrogen) atoms. The van der Waals surface area contributed by atoms with Crippen LogP contribution in [0.5, 0.6) is 0 Å². The lowest BCUT2D eigenvalue weighted by Gasteiger charge is -2.24. The van der Waals surface area contributed by atoms with Crippen molar-refractivity contribution < 1.29 is 22.4 Å². The van der Waals surface area contributed by atoms with Crippen molar-refractivity contribution in [3.63, 3.8) is 0 Å². The Labute approximate surface area is 114 Å². The molecule has 0 aromatic carbocycles. The van der Waals surface area contributed by atoms with Gasteiger partial charge in [-0.2, -0.15) is 13.2 Å². The van der Waals surface area contributed by atoms with E-state index < -0.39 is 18.6 Å². The molecule has 4 nitrogen and oxygen atoms in total. The van der Waals surface area contributed by atoms with E-state index in [4.69, 9.17) is 4.42 Å². The first-order valence-electron chi connectivity index (χ1n) is 6.51. The standard InChI is InChI=1S/C13H17F3N2O2/c14-13(15,16)9-18(8-11-2-1-5-20-11)12(19)6-10-3-4-17-7-10/h1-2,5,10,17H,3-4,6-9H2. The fourth-order valence-electron chi connectivity index (χ4n) is 2.30. The Morgan fingerprint density at radius 2 is 2.30 bits per heavy atom. The van der Waals surface area contributed by atoms with Crippen LogP contribution in [0, 0.1) is 5.92 Å². The van der Waals surface area contributed by atoms with Crippen LogP contribution in [0.25, 0.3) is 0 Å². The maximum absolute atomic E-state index is 12.6. The number of rotatable bonds is 5. The van der Waals surface area contributed by atoms with Crippen molar-refractivity contribution in [1.82, 2.24) is 10.2 Å². The van der Waals surface area contributed by atoms with Crippen LogP contribution < -0.4 is 5.32 Å². The second-order valence-electron chi connectivity index (χ2n) is 5.01. The molecule has 1 amide bonds. The van der Waals surface area contributed by atoms with Crippen molar-refractivity contribution in [3.05, 3.63) is 24.2 Å². The minimum absolute atomic E-state index is 0.120. The summed E-state index contributed by atoms with van der Waals surface area (Å²) < 4.78 is 42.7. The van der Waals surface area contributed by atoms with Crippen LogP contribution in [0.4, 0.5) is 13.2 Å². The Morgan fingerprint density at radius 3 is 2.85 bits per heavy atom. The molecule has 1 N–H and O–H groups in total. The van der Waals surface area contributed by atoms with Crippen LogP contribution in [0.1, 0.15) is 18.6 Å². The highest BCUT2D eigenvalue weighted by molar-refractivity contribution is 5.76. The average molecular weight is 290 g/mol. The second kappa shape index (κ2) is 6.30. The van der Waals surface area contributed by atoms with Crippen LogP contribution in [-0.2, 0) is 11.3 Å². The monoisotopic (exact) mass is 290 g/mol. The van der Waals surface area contributed by atoms with Crippen LogP contribution in [0.15, 0.2) is 22.8 Å². The molecule has 112 valence electrons. The summed E-state index contributed by atoms with van der Waals surface area (Å²) in [6, 6.07) is 3.15. The van der Waals surface area contributed by atoms with Crippen LogP contribution in [0.3, 0.4) is 0 Å². The third kappa shape index (κ3) is 4.56. The topological polar surface area (TPSA) is 45.5 Å². The molecule has 7 heteroatoms. The number of amides is 1. The molecule has 1 aliphatic heterocycles. The number of hydrogen-bond acceptors (Lipinski definition) is 3. The highest BCUT2D eigenvalue weighted by atomic mass is 19.4. The molecule has 1 unspecified atom stereocenters. The molecule has 2 rings (SSSR count). The Bertz CT molecular complexity index is 425. The van der Waals surface area contributed by atoms with E-state index in [0.29, 0.717) is 12.3 Å². The normalized spacial score (nSPS) is 19.2. The third-order valence-corrected chi connectivity index (χ3v) is 3.28. The van der Waals surface area contributed by atoms with Crippen LogP contribution in [0.2, 0.25) is 0 Å². The summed E-state index contributed by atoms with van der Waals surface area (Å²) in [6.07, 6.45) is -2.06. The van der Waals surface area contributed by atoms with Crippen molar-refractivity contribution in [2.45, 2.75) is 25.6 Å². The number of furan rings is 1. The van der Waals surface area contributed by atoms with Crippen LogP contribution >= 0.6 is 0 Å². The molecule has 1 aliphatic rings. The largest absolute Gasteiger partial charge is 0.467 e. The number of halogens is 3. The fraction of sp³-hybridized carbons (Fsp3) is 0.615. The molecule has 1 aromatic rings. The molecule has 0 saturated carbocycles. The van der Waals surface area contributed by atoms with Crippen molar-refractivity contribution >= 4 is 5.91 Å². The van der Waals surface area contributed by atoms with Gasteiger partial charge in [0.1, 0.15) is 12.3 Å². The second-order valence-corrected chi connectivity index (χ2v) is 5.01. The van der Waals surface area contributed by atoms with Gasteiger partial charge in [0.25, 0.3) is 0 Å². The predicted molar refractivity (Wildman–Crippen MR) is 65.8 cm³/mol. The predicted octanol–water partition coefficient (Wildman–Crippen LogP) is 2.17. The van der Waals surface area contributed by atoms with Gasteiger partial charge in [-0.05, 0) is 37.6 Å². The molecular weight excluding hydrogens is 273 g/mol. The molecule has 1 saturated heterocycles. The zero-order valence-electron chi connectivity index (χ0n) is 10.9. The minimum Gasteiger partial charge on any atom is -0.467 e. The van der Waals surface area contributed by atoms with Gasteiger partial charge < -0.3 is 14.6 Å². The number of alkyl halides is 3. The molecule has 0 radical (unpaired) electrons. The Morgan fingerprint density at radius 1 is 1.50 bits per heavy atom. The lowest BCUT2D eigenvalue weighted by molar-refractivity contribution is -0.163. The number of hydrogen-bond donors (Lipinski definition) is 1. The number of carbonyl (C=O) groups excluding carboxylic acids is 1. The first kappa shape index (κ1) is 14.9. The lowest BCUT2D eigenvalue weighted by atomic mass is 10.0. The molecule has 0 aliphatic carbocycles. The summed E-state index contributed by atoms with van der Waals surface area (Å²) in [7, 11) is 0. The number of carbonyl (C=O) groups is 1. The first-order chi connectivity index (χ1) is 9.44. The molecule has 0 bridgehead atoms. The molecule has 1 aromatic heterocycles. The van der Waals surface area contributed by atoms with Gasteiger partial charge in [0.05, 0.1) is 12.8 Å². The van der Waals surface area contributed by atoms with E-state index in [1.807, 2.05) is 0 Å². The Kier molecular flexibility index (Phi) is 4.69. The van der Waals surface area contributed by atoms with Crippen LogP contribution in [-0.4, -0.2) is 36.6 Å². The van der Waals surface area contributed by atoms with E-state index in [2.05, 4.69) is 5.32 Å². The van der Waals surface area contributed by atoms with E-state index in [-0.39, 0.29) is 18.9 Å². The van der Waals surface area contributed by atoms with Gasteiger partial charge >= 0.3 is 6.18 Å². The minimum atomic E-state index is -4.41. The van der Waals surface area contributed by atoms with Gasteiger partial charge in [0.15, 0.2) is 0 Å². The highest BCUT2D eigenvalue weighted by Gasteiger charge is 2.34. The summed E-state index contributed by atoms with van der Waals surface area (Å²) in [4.78, 5) is 12.9. The van der Waals surface area contributed by atoms with Crippen molar-refractivity contribution in [2.24, 2.45) is 5.92 Å². The van der Waals surface area contributed by atoms with E-state index in [9.17, 15) is 18.0 Å². The zero-order valence-corrected chi connectivity index (χ0v) is 10.9. The van der Waals surface area contributed by atoms with Crippen molar-refractivity contribution in [3.8, 4) is 0 Å². The molecule has 0 spiro atoms. The number of nitrogens with zero attached hydrogens (tertiary/aromatic N) is 1. The summed E-state index contributed by atoms with van der Waals surface area (Å²) in [5.41, 5.74) is 0. The molecule has 1 atom stereocenters. The number of nitrogens with one attached hydrogen (secondary N) is 1. The lowest BCUT2D eigenvalue weighted by Crippen LogP contribution is -2.39. The summed E-state index contributed by atoms with van der Waals surface area (Å²) in [5.74, 6) is -0.00518. The van der Waals surface area contributed by atoms with Gasteiger partial charge in [-0.1, -0.05) is 0 Å². The van der Waals surface area contributed by atoms with E-state index in [0.717, 1.165) is 17.9 Å². The smallest absolute Gasteiger partial charge is 0.406 e. The summed E-state index contributed by atoms with van der Waals surface area (Å²) >= 11 is 0. The summed E-state index contributed by atoms with van der Waals surface area (Å²) in [5, 5.41) is 3.10. The fourth-order valence-corrected chi connectivity index (χ4v) is 2.30. The SMILES string of the molecule is O=C(CC1CCNC1)N(Cc1ccco1)CC(F)(F)F. The van der Waals surface area contributed by atoms with E-state index >= 15 is 0 Å². The van der Waals surface area contributed by atoms with Gasteiger partial charge in [-0.25, -0.2) is 0 Å². The third-order valence-electron chi connectivity index (χ3n) is 3.28. The zero-order chi connectivity index (χ0) is 14.6. The van der Waals surface area contributed by atoms with E-state index in [1.54, 1.807) is 12.1 Å². The first-order valence-corrected chi connectivity index (χ1v) is 6.51. The van der Waals surface area contributed by atoms with Gasteiger partial charge in [-0.3, -0.25) is 4.79 Å². The maximum Gasteiger partial charge on any atom is 0.406 e. The maximum atomic E-state index is 12.6. The Balaban J connectivity index is 1.98. The molecule has 1 fully saturated rings. The quantitative estimate of drug-likeness (QED) is 0.904. The molecular formula is C13H17F3N2O2. The highest BCUT2D eigenvalue weighted by Crippen LogP contribution is 2.21. The van der Waals surface area contributed by atoms with Gasteiger partial charge in [0, 0.05) is 6.42 Å². The van der Waals surface area contributed by atoms with E-state index in [1.165, 1.54) is 6.26 Å². The van der Waals surface area contributed by atoms with Crippen molar-refractivity contribution in [2.75, 3.05) is 19.6 Å². The molecule has 2 heterocycles. The van der Waals surface area contributed by atoms with Crippen molar-refractivity contribution in [1.29, 1.82) is 0 Å². The van der Waals surface area contributed by atoms with Gasteiger partial charge in [-0.15, -0.1) is 0 Å². The average Bonchev–Trinajstić information content (AvgIpc) is 2.99.